The summed E-state index contributed by atoms with van der Waals surface area (Å²) < 4.78 is 28.5. The van der Waals surface area contributed by atoms with Crippen LogP contribution in [-0.4, -0.2) is 33.6 Å². The van der Waals surface area contributed by atoms with Gasteiger partial charge in [0.2, 0.25) is 0 Å². The van der Waals surface area contributed by atoms with E-state index >= 15 is 0 Å². The molecule has 1 aliphatic heterocycles. The molecule has 0 fully saturated rings. The van der Waals surface area contributed by atoms with Crippen molar-refractivity contribution < 1.29 is 18.0 Å². The van der Waals surface area contributed by atoms with E-state index < -0.39 is 21.8 Å². The average Bonchev–Trinajstić information content (AvgIpc) is 3.38. The van der Waals surface area contributed by atoms with Gasteiger partial charge in [-0.25, -0.2) is 17.4 Å². The molecule has 5 rings (SSSR count). The first-order valence-corrected chi connectivity index (χ1v) is 10.5. The first-order valence-electron chi connectivity index (χ1n) is 9.03. The highest BCUT2D eigenvalue weighted by Crippen LogP contribution is 2.29. The summed E-state index contributed by atoms with van der Waals surface area (Å²) in [6.45, 7) is 0.233. The average molecular weight is 421 g/mol. The Hall–Kier alpha value is -3.92. The molecule has 2 N–H and O–H groups in total. The molecule has 0 saturated carbocycles. The number of nitrogens with zero attached hydrogens (tertiary/aromatic N) is 3. The van der Waals surface area contributed by atoms with E-state index in [2.05, 4.69) is 15.6 Å². The van der Waals surface area contributed by atoms with Crippen molar-refractivity contribution in [2.24, 2.45) is 0 Å². The Morgan fingerprint density at radius 1 is 1.10 bits per heavy atom. The third kappa shape index (κ3) is 2.77. The quantitative estimate of drug-likeness (QED) is 0.524. The van der Waals surface area contributed by atoms with Crippen LogP contribution in [0.1, 0.15) is 26.5 Å². The fraction of sp³-hybridized carbons (Fsp3) is 0.0500. The SMILES string of the molecule is O=C(NCc1cnc2ccccn12)c1ccc2c(c1)NC(=O)c1cccn1S2(=O)=O. The van der Waals surface area contributed by atoms with Gasteiger partial charge in [-0.1, -0.05) is 6.07 Å². The highest BCUT2D eigenvalue weighted by molar-refractivity contribution is 7.90. The molecule has 9 nitrogen and oxygen atoms in total. The molecule has 4 aromatic rings. The minimum absolute atomic E-state index is 0.00446. The Labute approximate surface area is 171 Å². The maximum absolute atomic E-state index is 12.9. The number of amides is 2. The number of carbonyl (C=O) groups is 2. The molecule has 0 unspecified atom stereocenters. The summed E-state index contributed by atoms with van der Waals surface area (Å²) in [5.41, 5.74) is 1.85. The summed E-state index contributed by atoms with van der Waals surface area (Å²) in [7, 11) is -3.95. The molecule has 3 aromatic heterocycles. The lowest BCUT2D eigenvalue weighted by molar-refractivity contribution is 0.0949. The second kappa shape index (κ2) is 6.56. The van der Waals surface area contributed by atoms with Gasteiger partial charge in [0.15, 0.2) is 0 Å². The number of pyridine rings is 1. The van der Waals surface area contributed by atoms with Crippen LogP contribution in [-0.2, 0) is 16.6 Å². The lowest BCUT2D eigenvalue weighted by Crippen LogP contribution is -2.24. The van der Waals surface area contributed by atoms with Gasteiger partial charge in [0.05, 0.1) is 24.1 Å². The zero-order valence-electron chi connectivity index (χ0n) is 15.4. The van der Waals surface area contributed by atoms with E-state index in [9.17, 15) is 18.0 Å². The topological polar surface area (TPSA) is 115 Å². The second-order valence-corrected chi connectivity index (χ2v) is 8.50. The number of fused-ring (bicyclic) bond motifs is 3. The fourth-order valence-electron chi connectivity index (χ4n) is 3.43. The van der Waals surface area contributed by atoms with Crippen LogP contribution in [0.4, 0.5) is 5.69 Å². The number of carbonyl (C=O) groups excluding carboxylic acids is 2. The van der Waals surface area contributed by atoms with Gasteiger partial charge in [-0.3, -0.25) is 9.59 Å². The molecule has 10 heteroatoms. The van der Waals surface area contributed by atoms with Crippen molar-refractivity contribution in [3.63, 3.8) is 0 Å². The maximum Gasteiger partial charge on any atom is 0.273 e. The molecule has 0 bridgehead atoms. The molecule has 4 heterocycles. The third-order valence-corrected chi connectivity index (χ3v) is 6.64. The lowest BCUT2D eigenvalue weighted by atomic mass is 10.2. The lowest BCUT2D eigenvalue weighted by Gasteiger charge is -2.10. The van der Waals surface area contributed by atoms with Crippen LogP contribution in [0.15, 0.2) is 72.0 Å². The van der Waals surface area contributed by atoms with Crippen LogP contribution in [0, 0.1) is 0 Å². The Morgan fingerprint density at radius 3 is 2.83 bits per heavy atom. The van der Waals surface area contributed by atoms with Gasteiger partial charge in [-0.05, 0) is 42.5 Å². The van der Waals surface area contributed by atoms with Crippen molar-refractivity contribution in [2.45, 2.75) is 11.4 Å². The number of imidazole rings is 1. The van der Waals surface area contributed by atoms with Gasteiger partial charge < -0.3 is 15.0 Å². The predicted octanol–water partition coefficient (Wildman–Crippen LogP) is 1.87. The van der Waals surface area contributed by atoms with Crippen molar-refractivity contribution in [3.05, 3.63) is 84.1 Å². The third-order valence-electron chi connectivity index (χ3n) is 4.90. The van der Waals surface area contributed by atoms with Crippen LogP contribution in [0.2, 0.25) is 0 Å². The van der Waals surface area contributed by atoms with Gasteiger partial charge in [-0.15, -0.1) is 0 Å². The van der Waals surface area contributed by atoms with Crippen LogP contribution in [0.5, 0.6) is 0 Å². The normalized spacial score (nSPS) is 14.5. The number of hydrogen-bond acceptors (Lipinski definition) is 5. The van der Waals surface area contributed by atoms with Crippen molar-refractivity contribution in [2.75, 3.05) is 5.32 Å². The second-order valence-electron chi connectivity index (χ2n) is 6.72. The van der Waals surface area contributed by atoms with E-state index in [4.69, 9.17) is 0 Å². The number of rotatable bonds is 3. The molecule has 1 aromatic carbocycles. The fourth-order valence-corrected chi connectivity index (χ4v) is 4.90. The maximum atomic E-state index is 12.9. The number of aromatic nitrogens is 3. The van der Waals surface area contributed by atoms with Gasteiger partial charge in [-0.2, -0.15) is 0 Å². The first kappa shape index (κ1) is 18.1. The predicted molar refractivity (Wildman–Crippen MR) is 108 cm³/mol. The molecule has 150 valence electrons. The van der Waals surface area contributed by atoms with Crippen LogP contribution in [0.3, 0.4) is 0 Å². The summed E-state index contributed by atoms with van der Waals surface area (Å²) in [6, 6.07) is 12.6. The zero-order chi connectivity index (χ0) is 20.9. The molecular weight excluding hydrogens is 406 g/mol. The number of nitrogens with one attached hydrogen (secondary N) is 2. The van der Waals surface area contributed by atoms with Crippen molar-refractivity contribution in [1.29, 1.82) is 0 Å². The Balaban J connectivity index is 1.43. The molecule has 0 radical (unpaired) electrons. The monoisotopic (exact) mass is 421 g/mol. The summed E-state index contributed by atoms with van der Waals surface area (Å²) in [5, 5.41) is 5.37. The summed E-state index contributed by atoms with van der Waals surface area (Å²) >= 11 is 0. The van der Waals surface area contributed by atoms with Crippen LogP contribution >= 0.6 is 0 Å². The summed E-state index contributed by atoms with van der Waals surface area (Å²) in [5.74, 6) is -0.968. The molecule has 0 spiro atoms. The smallest absolute Gasteiger partial charge is 0.273 e. The Bertz CT molecular complexity index is 1430. The van der Waals surface area contributed by atoms with Crippen molar-refractivity contribution in [3.8, 4) is 0 Å². The van der Waals surface area contributed by atoms with Crippen molar-refractivity contribution >= 4 is 33.2 Å². The first-order chi connectivity index (χ1) is 14.4. The summed E-state index contributed by atoms with van der Waals surface area (Å²) in [4.78, 5) is 29.2. The minimum atomic E-state index is -3.95. The summed E-state index contributed by atoms with van der Waals surface area (Å²) in [6.07, 6.45) is 4.84. The van der Waals surface area contributed by atoms with E-state index in [0.29, 0.717) is 0 Å². The van der Waals surface area contributed by atoms with Gasteiger partial charge in [0.25, 0.3) is 21.8 Å². The molecule has 30 heavy (non-hydrogen) atoms. The molecular formula is C20H15N5O4S. The molecule has 0 saturated heterocycles. The highest BCUT2D eigenvalue weighted by atomic mass is 32.2. The Kier molecular flexibility index (Phi) is 3.97. The Morgan fingerprint density at radius 2 is 1.97 bits per heavy atom. The molecule has 0 atom stereocenters. The largest absolute Gasteiger partial charge is 0.346 e. The van der Waals surface area contributed by atoms with Gasteiger partial charge >= 0.3 is 0 Å². The van der Waals surface area contributed by atoms with E-state index in [-0.39, 0.29) is 28.4 Å². The minimum Gasteiger partial charge on any atom is -0.346 e. The van der Waals surface area contributed by atoms with Crippen molar-refractivity contribution in [1.82, 2.24) is 18.7 Å². The molecule has 2 amide bonds. The zero-order valence-corrected chi connectivity index (χ0v) is 16.3. The van der Waals surface area contributed by atoms with E-state index in [1.807, 2.05) is 28.8 Å². The number of benzene rings is 1. The number of hydrogen-bond donors (Lipinski definition) is 2. The van der Waals surface area contributed by atoms with Crippen LogP contribution < -0.4 is 10.6 Å². The standard InChI is InChI=1S/C20H15N5O4S/c26-19(22-12-14-11-21-18-5-1-2-8-24(14)18)13-6-7-17-15(10-13)23-20(27)16-4-3-9-25(16)30(17,28)29/h1-11H,12H2,(H,22,26)(H,23,27). The highest BCUT2D eigenvalue weighted by Gasteiger charge is 2.30. The van der Waals surface area contributed by atoms with Gasteiger partial charge in [0, 0.05) is 18.0 Å². The number of anilines is 1. The van der Waals surface area contributed by atoms with E-state index in [1.54, 1.807) is 6.20 Å². The molecule has 0 aliphatic carbocycles. The van der Waals surface area contributed by atoms with E-state index in [0.717, 1.165) is 15.3 Å². The van der Waals surface area contributed by atoms with Crippen LogP contribution in [0.25, 0.3) is 5.65 Å². The van der Waals surface area contributed by atoms with E-state index in [1.165, 1.54) is 36.5 Å². The van der Waals surface area contributed by atoms with Gasteiger partial charge in [0.1, 0.15) is 16.2 Å². The molecule has 1 aliphatic rings.